The van der Waals surface area contributed by atoms with Gasteiger partial charge in [-0.1, -0.05) is 20.8 Å². The molecule has 4 fully saturated rings. The normalized spacial score (nSPS) is 53.1. The summed E-state index contributed by atoms with van der Waals surface area (Å²) in [6.07, 6.45) is 8.22. The molecule has 0 aromatic rings. The zero-order valence-corrected chi connectivity index (χ0v) is 17.2. The molecule has 0 aromatic heterocycles. The van der Waals surface area contributed by atoms with Gasteiger partial charge in [0.05, 0.1) is 12.2 Å². The molecule has 4 aliphatic carbocycles. The first-order chi connectivity index (χ1) is 12.7. The maximum Gasteiger partial charge on any atom is 0.303 e. The molecule has 0 unspecified atom stereocenters. The molecule has 4 aliphatic rings. The van der Waals surface area contributed by atoms with Gasteiger partial charge in [0, 0.05) is 6.42 Å². The molecule has 4 nitrogen and oxygen atoms in total. The van der Waals surface area contributed by atoms with E-state index in [2.05, 4.69) is 20.8 Å². The molecular weight excluding hydrogens is 340 g/mol. The second-order valence-electron chi connectivity index (χ2n) is 11.0. The highest BCUT2D eigenvalue weighted by Crippen LogP contribution is 2.68. The van der Waals surface area contributed by atoms with E-state index in [1.807, 2.05) is 0 Å². The molecule has 0 aliphatic heterocycles. The van der Waals surface area contributed by atoms with Crippen molar-refractivity contribution in [2.24, 2.45) is 46.3 Å². The number of rotatable bonds is 3. The highest BCUT2D eigenvalue weighted by atomic mass is 16.4. The maximum atomic E-state index is 11.4. The summed E-state index contributed by atoms with van der Waals surface area (Å²) in [6.45, 7) is 6.79. The van der Waals surface area contributed by atoms with Gasteiger partial charge < -0.3 is 15.3 Å². The third-order valence-electron chi connectivity index (χ3n) is 10.00. The summed E-state index contributed by atoms with van der Waals surface area (Å²) in [5, 5.41) is 30.8. The first-order valence-electron chi connectivity index (χ1n) is 11.3. The van der Waals surface area contributed by atoms with E-state index in [0.717, 1.165) is 38.5 Å². The minimum Gasteiger partial charge on any atom is -0.481 e. The van der Waals surface area contributed by atoms with Gasteiger partial charge in [0.25, 0.3) is 0 Å². The van der Waals surface area contributed by atoms with Crippen molar-refractivity contribution in [3.05, 3.63) is 0 Å². The molecule has 154 valence electrons. The maximum absolute atomic E-state index is 11.4. The van der Waals surface area contributed by atoms with Crippen molar-refractivity contribution in [1.82, 2.24) is 0 Å². The summed E-state index contributed by atoms with van der Waals surface area (Å²) in [5.41, 5.74) is 0.128. The summed E-state index contributed by atoms with van der Waals surface area (Å²) >= 11 is 0. The first-order valence-corrected chi connectivity index (χ1v) is 11.3. The number of aliphatic carboxylic acids is 1. The lowest BCUT2D eigenvalue weighted by Crippen LogP contribution is -2.58. The van der Waals surface area contributed by atoms with Crippen molar-refractivity contribution in [2.45, 2.75) is 90.8 Å². The first kappa shape index (κ1) is 19.7. The molecule has 0 saturated heterocycles. The summed E-state index contributed by atoms with van der Waals surface area (Å²) in [5.74, 6) is 2.07. The van der Waals surface area contributed by atoms with E-state index < -0.39 is 5.97 Å². The van der Waals surface area contributed by atoms with Gasteiger partial charge in [-0.05, 0) is 97.7 Å². The largest absolute Gasteiger partial charge is 0.481 e. The molecule has 0 radical (unpaired) electrons. The van der Waals surface area contributed by atoms with E-state index in [1.54, 1.807) is 0 Å². The second-order valence-corrected chi connectivity index (χ2v) is 11.0. The monoisotopic (exact) mass is 378 g/mol. The third kappa shape index (κ3) is 2.88. The molecule has 4 rings (SSSR count). The van der Waals surface area contributed by atoms with Crippen LogP contribution < -0.4 is 0 Å². The van der Waals surface area contributed by atoms with Gasteiger partial charge in [-0.2, -0.15) is 0 Å². The number of aliphatic hydroxyl groups is 2. The zero-order chi connectivity index (χ0) is 19.6. The number of fused-ring (bicyclic) bond motifs is 5. The Morgan fingerprint density at radius 1 is 1.04 bits per heavy atom. The van der Waals surface area contributed by atoms with Gasteiger partial charge in [-0.3, -0.25) is 4.79 Å². The number of aliphatic hydroxyl groups excluding tert-OH is 2. The molecular formula is C23H38O4. The van der Waals surface area contributed by atoms with Crippen LogP contribution >= 0.6 is 0 Å². The SMILES string of the molecule is C[C@H](CC(=O)O)[C@H]1CC[C@@H]2[C@H]3CC[C@@H]4C[C@H](O)CC[C@]4(C)[C@H]3C[C@H](O)[C@@]21C. The summed E-state index contributed by atoms with van der Waals surface area (Å²) in [7, 11) is 0. The predicted molar refractivity (Wildman–Crippen MR) is 104 cm³/mol. The van der Waals surface area contributed by atoms with Crippen LogP contribution in [0.2, 0.25) is 0 Å². The Hall–Kier alpha value is -0.610. The molecule has 0 amide bonds. The van der Waals surface area contributed by atoms with E-state index in [1.165, 1.54) is 12.8 Å². The second kappa shape index (κ2) is 6.73. The van der Waals surface area contributed by atoms with Crippen molar-refractivity contribution < 1.29 is 20.1 Å². The van der Waals surface area contributed by atoms with Gasteiger partial charge in [-0.25, -0.2) is 0 Å². The molecule has 0 heterocycles. The van der Waals surface area contributed by atoms with Gasteiger partial charge >= 0.3 is 5.97 Å². The van der Waals surface area contributed by atoms with Crippen molar-refractivity contribution >= 4 is 5.97 Å². The molecule has 0 aromatic carbocycles. The van der Waals surface area contributed by atoms with Crippen LogP contribution in [0.4, 0.5) is 0 Å². The molecule has 4 heteroatoms. The highest BCUT2D eigenvalue weighted by molar-refractivity contribution is 5.67. The average molecular weight is 379 g/mol. The van der Waals surface area contributed by atoms with Crippen LogP contribution in [0, 0.1) is 46.3 Å². The van der Waals surface area contributed by atoms with E-state index in [4.69, 9.17) is 0 Å². The van der Waals surface area contributed by atoms with Crippen LogP contribution in [0.15, 0.2) is 0 Å². The number of carbonyl (C=O) groups is 1. The number of hydrogen-bond donors (Lipinski definition) is 3. The summed E-state index contributed by atoms with van der Waals surface area (Å²) in [4.78, 5) is 11.3. The quantitative estimate of drug-likeness (QED) is 0.691. The van der Waals surface area contributed by atoms with E-state index in [-0.39, 0.29) is 35.4 Å². The van der Waals surface area contributed by atoms with Crippen molar-refractivity contribution in [3.63, 3.8) is 0 Å². The van der Waals surface area contributed by atoms with Crippen LogP contribution in [-0.2, 0) is 4.79 Å². The number of carboxylic acid groups (broad SMARTS) is 1. The van der Waals surface area contributed by atoms with Crippen LogP contribution in [0.5, 0.6) is 0 Å². The predicted octanol–water partition coefficient (Wildman–Crippen LogP) is 4.09. The van der Waals surface area contributed by atoms with Gasteiger partial charge in [0.2, 0.25) is 0 Å². The van der Waals surface area contributed by atoms with Gasteiger partial charge in [-0.15, -0.1) is 0 Å². The van der Waals surface area contributed by atoms with Crippen molar-refractivity contribution in [1.29, 1.82) is 0 Å². The minimum absolute atomic E-state index is 0.125. The Morgan fingerprint density at radius 3 is 2.48 bits per heavy atom. The smallest absolute Gasteiger partial charge is 0.303 e. The lowest BCUT2D eigenvalue weighted by Gasteiger charge is -2.62. The molecule has 4 saturated carbocycles. The fraction of sp³-hybridized carbons (Fsp3) is 0.957. The Morgan fingerprint density at radius 2 is 1.78 bits per heavy atom. The molecule has 27 heavy (non-hydrogen) atoms. The van der Waals surface area contributed by atoms with E-state index >= 15 is 0 Å². The van der Waals surface area contributed by atoms with Gasteiger partial charge in [0.1, 0.15) is 0 Å². The van der Waals surface area contributed by atoms with Crippen molar-refractivity contribution in [2.75, 3.05) is 0 Å². The van der Waals surface area contributed by atoms with E-state index in [0.29, 0.717) is 29.6 Å². The third-order valence-corrected chi connectivity index (χ3v) is 10.00. The Balaban J connectivity index is 1.60. The average Bonchev–Trinajstić information content (AvgIpc) is 2.95. The van der Waals surface area contributed by atoms with Crippen LogP contribution in [0.1, 0.15) is 78.6 Å². The molecule has 0 spiro atoms. The van der Waals surface area contributed by atoms with Crippen molar-refractivity contribution in [3.8, 4) is 0 Å². The molecule has 3 N–H and O–H groups in total. The summed E-state index contributed by atoms with van der Waals surface area (Å²) in [6, 6.07) is 0. The van der Waals surface area contributed by atoms with Gasteiger partial charge in [0.15, 0.2) is 0 Å². The zero-order valence-electron chi connectivity index (χ0n) is 17.2. The van der Waals surface area contributed by atoms with E-state index in [9.17, 15) is 20.1 Å². The Kier molecular flexibility index (Phi) is 4.91. The van der Waals surface area contributed by atoms with Crippen LogP contribution in [0.25, 0.3) is 0 Å². The fourth-order valence-electron chi connectivity index (χ4n) is 8.58. The lowest BCUT2D eigenvalue weighted by atomic mass is 9.43. The fourth-order valence-corrected chi connectivity index (χ4v) is 8.58. The number of carboxylic acids is 1. The highest BCUT2D eigenvalue weighted by Gasteiger charge is 2.63. The standard InChI is InChI=1S/C23H38O4/c1-13(10-21(26)27)17-6-7-18-16-5-4-14-11-15(24)8-9-22(14,2)19(16)12-20(25)23(17,18)3/h13-20,24-25H,4-12H2,1-3H3,(H,26,27)/t13-,14-,15-,16-,17-,18-,19+,20+,22+,23-/m1/s1. The topological polar surface area (TPSA) is 77.8 Å². The lowest BCUT2D eigenvalue weighted by molar-refractivity contribution is -0.175. The van der Waals surface area contributed by atoms with Crippen LogP contribution in [0.3, 0.4) is 0 Å². The number of hydrogen-bond acceptors (Lipinski definition) is 3. The summed E-state index contributed by atoms with van der Waals surface area (Å²) < 4.78 is 0. The van der Waals surface area contributed by atoms with Crippen LogP contribution in [-0.4, -0.2) is 33.5 Å². The molecule has 10 atom stereocenters. The Bertz CT molecular complexity index is 591. The minimum atomic E-state index is -0.716. The Labute approximate surface area is 163 Å². The molecule has 0 bridgehead atoms.